The first-order valence-corrected chi connectivity index (χ1v) is 6.64. The fourth-order valence-electron chi connectivity index (χ4n) is 2.24. The van der Waals surface area contributed by atoms with Gasteiger partial charge in [0.05, 0.1) is 17.1 Å². The molecule has 0 aliphatic rings. The van der Waals surface area contributed by atoms with Gasteiger partial charge in [0.1, 0.15) is 11.4 Å². The Kier molecular flexibility index (Phi) is 3.56. The van der Waals surface area contributed by atoms with Crippen molar-refractivity contribution in [1.82, 2.24) is 14.5 Å². The van der Waals surface area contributed by atoms with Crippen molar-refractivity contribution in [3.8, 4) is 0 Å². The average molecular weight is 275 g/mol. The number of rotatable bonds is 4. The summed E-state index contributed by atoms with van der Waals surface area (Å²) in [4.78, 5) is 18.3. The van der Waals surface area contributed by atoms with Crippen molar-refractivity contribution in [3.05, 3.63) is 30.1 Å². The lowest BCUT2D eigenvalue weighted by Gasteiger charge is -2.28. The number of nitrogens with zero attached hydrogens (tertiary/aromatic N) is 3. The first kappa shape index (κ1) is 14.5. The highest BCUT2D eigenvalue weighted by Crippen LogP contribution is 2.30. The third-order valence-electron chi connectivity index (χ3n) is 3.82. The van der Waals surface area contributed by atoms with Gasteiger partial charge in [-0.1, -0.05) is 12.1 Å². The SMILES string of the molecule is CC(c1nc2ccccc2n1C(C)(C)C(=O)O)N(C)C. The molecule has 1 aromatic carbocycles. The van der Waals surface area contributed by atoms with Crippen LogP contribution in [0.3, 0.4) is 0 Å². The zero-order valence-electron chi connectivity index (χ0n) is 12.6. The molecule has 108 valence electrons. The van der Waals surface area contributed by atoms with Gasteiger partial charge in [0.15, 0.2) is 0 Å². The summed E-state index contributed by atoms with van der Waals surface area (Å²) in [5.74, 6) is -0.101. The number of carboxylic acid groups (broad SMARTS) is 1. The van der Waals surface area contributed by atoms with Crippen LogP contribution in [0.4, 0.5) is 0 Å². The molecular weight excluding hydrogens is 254 g/mol. The molecule has 0 radical (unpaired) electrons. The second-order valence-electron chi connectivity index (χ2n) is 5.80. The van der Waals surface area contributed by atoms with Crippen LogP contribution in [0.25, 0.3) is 11.0 Å². The third-order valence-corrected chi connectivity index (χ3v) is 3.82. The molecule has 0 saturated heterocycles. The molecule has 0 bridgehead atoms. The highest BCUT2D eigenvalue weighted by atomic mass is 16.4. The Bertz CT molecular complexity index is 644. The van der Waals surface area contributed by atoms with E-state index in [2.05, 4.69) is 4.98 Å². The van der Waals surface area contributed by atoms with Gasteiger partial charge in [-0.2, -0.15) is 0 Å². The van der Waals surface area contributed by atoms with Crippen LogP contribution in [0.5, 0.6) is 0 Å². The summed E-state index contributed by atoms with van der Waals surface area (Å²) in [6, 6.07) is 7.68. The van der Waals surface area contributed by atoms with Crippen molar-refractivity contribution < 1.29 is 9.90 Å². The van der Waals surface area contributed by atoms with E-state index >= 15 is 0 Å². The third kappa shape index (κ3) is 2.18. The van der Waals surface area contributed by atoms with E-state index in [0.29, 0.717) is 0 Å². The number of hydrogen-bond acceptors (Lipinski definition) is 3. The molecule has 1 aromatic heterocycles. The van der Waals surface area contributed by atoms with E-state index in [0.717, 1.165) is 16.9 Å². The summed E-state index contributed by atoms with van der Waals surface area (Å²) in [6.45, 7) is 5.43. The topological polar surface area (TPSA) is 58.4 Å². The number of hydrogen-bond donors (Lipinski definition) is 1. The zero-order valence-corrected chi connectivity index (χ0v) is 12.6. The molecule has 0 amide bonds. The second-order valence-corrected chi connectivity index (χ2v) is 5.80. The Morgan fingerprint density at radius 3 is 2.50 bits per heavy atom. The van der Waals surface area contributed by atoms with Gasteiger partial charge < -0.3 is 9.67 Å². The van der Waals surface area contributed by atoms with Crippen molar-refractivity contribution >= 4 is 17.0 Å². The van der Waals surface area contributed by atoms with Gasteiger partial charge >= 0.3 is 5.97 Å². The number of carboxylic acids is 1. The molecule has 0 aliphatic heterocycles. The first-order chi connectivity index (χ1) is 9.26. The average Bonchev–Trinajstić information content (AvgIpc) is 2.76. The Morgan fingerprint density at radius 2 is 1.95 bits per heavy atom. The first-order valence-electron chi connectivity index (χ1n) is 6.64. The standard InChI is InChI=1S/C15H21N3O2/c1-10(17(4)5)13-16-11-8-6-7-9-12(11)18(13)15(2,3)14(19)20/h6-10H,1-5H3,(H,19,20). The Morgan fingerprint density at radius 1 is 1.35 bits per heavy atom. The van der Waals surface area contributed by atoms with Crippen molar-refractivity contribution in [2.24, 2.45) is 0 Å². The number of carbonyl (C=O) groups is 1. The Balaban J connectivity index is 2.78. The van der Waals surface area contributed by atoms with Gasteiger partial charge in [-0.05, 0) is 47.0 Å². The molecule has 0 spiro atoms. The molecule has 5 heteroatoms. The quantitative estimate of drug-likeness (QED) is 0.931. The summed E-state index contributed by atoms with van der Waals surface area (Å²) in [5.41, 5.74) is 0.629. The van der Waals surface area contributed by atoms with Gasteiger partial charge in [-0.25, -0.2) is 9.78 Å². The fourth-order valence-corrected chi connectivity index (χ4v) is 2.24. The van der Waals surface area contributed by atoms with Crippen LogP contribution in [-0.4, -0.2) is 39.6 Å². The monoisotopic (exact) mass is 275 g/mol. The highest BCUT2D eigenvalue weighted by Gasteiger charge is 2.34. The Hall–Kier alpha value is -1.88. The summed E-state index contributed by atoms with van der Waals surface area (Å²) < 4.78 is 1.83. The van der Waals surface area contributed by atoms with Crippen molar-refractivity contribution in [3.63, 3.8) is 0 Å². The maximum Gasteiger partial charge on any atom is 0.329 e. The normalized spacial score (nSPS) is 13.9. The van der Waals surface area contributed by atoms with E-state index in [1.807, 2.05) is 54.8 Å². The summed E-state index contributed by atoms with van der Waals surface area (Å²) >= 11 is 0. The molecule has 1 atom stereocenters. The minimum atomic E-state index is -1.05. The lowest BCUT2D eigenvalue weighted by Crippen LogP contribution is -2.38. The van der Waals surface area contributed by atoms with Crippen LogP contribution >= 0.6 is 0 Å². The summed E-state index contributed by atoms with van der Waals surface area (Å²) in [5, 5.41) is 9.56. The number of para-hydroxylation sites is 2. The van der Waals surface area contributed by atoms with E-state index in [-0.39, 0.29) is 6.04 Å². The largest absolute Gasteiger partial charge is 0.480 e. The van der Waals surface area contributed by atoms with Crippen LogP contribution in [0.1, 0.15) is 32.6 Å². The van der Waals surface area contributed by atoms with E-state index in [1.165, 1.54) is 0 Å². The molecule has 20 heavy (non-hydrogen) atoms. The van der Waals surface area contributed by atoms with Crippen molar-refractivity contribution in [1.29, 1.82) is 0 Å². The molecule has 1 N–H and O–H groups in total. The molecule has 2 rings (SSSR count). The molecule has 2 aromatic rings. The minimum Gasteiger partial charge on any atom is -0.480 e. The number of aliphatic carboxylic acids is 1. The van der Waals surface area contributed by atoms with Crippen LogP contribution in [0.2, 0.25) is 0 Å². The Labute approximate surface area is 118 Å². The van der Waals surface area contributed by atoms with Crippen molar-refractivity contribution in [2.75, 3.05) is 14.1 Å². The molecule has 5 nitrogen and oxygen atoms in total. The van der Waals surface area contributed by atoms with Crippen LogP contribution in [0, 0.1) is 0 Å². The van der Waals surface area contributed by atoms with Crippen LogP contribution in [0.15, 0.2) is 24.3 Å². The van der Waals surface area contributed by atoms with Gasteiger partial charge in [-0.3, -0.25) is 4.90 Å². The molecule has 1 unspecified atom stereocenters. The molecule has 0 fully saturated rings. The van der Waals surface area contributed by atoms with Crippen LogP contribution < -0.4 is 0 Å². The number of imidazole rings is 1. The van der Waals surface area contributed by atoms with E-state index in [4.69, 9.17) is 0 Å². The van der Waals surface area contributed by atoms with E-state index < -0.39 is 11.5 Å². The molecule has 0 saturated carbocycles. The summed E-state index contributed by atoms with van der Waals surface area (Å²) in [7, 11) is 3.92. The molecule has 1 heterocycles. The minimum absolute atomic E-state index is 0.0287. The fraction of sp³-hybridized carbons (Fsp3) is 0.467. The van der Waals surface area contributed by atoms with Gasteiger partial charge in [0.25, 0.3) is 0 Å². The van der Waals surface area contributed by atoms with Crippen LogP contribution in [-0.2, 0) is 10.3 Å². The zero-order chi connectivity index (χ0) is 15.1. The van der Waals surface area contributed by atoms with Gasteiger partial charge in [-0.15, -0.1) is 0 Å². The van der Waals surface area contributed by atoms with Crippen molar-refractivity contribution in [2.45, 2.75) is 32.4 Å². The number of aromatic nitrogens is 2. The molecular formula is C15H21N3O2. The second kappa shape index (κ2) is 4.90. The predicted molar refractivity (Wildman–Crippen MR) is 78.8 cm³/mol. The van der Waals surface area contributed by atoms with E-state index in [1.54, 1.807) is 13.8 Å². The van der Waals surface area contributed by atoms with Gasteiger partial charge in [0.2, 0.25) is 0 Å². The lowest BCUT2D eigenvalue weighted by molar-refractivity contribution is -0.145. The molecule has 0 aliphatic carbocycles. The van der Waals surface area contributed by atoms with E-state index in [9.17, 15) is 9.90 Å². The predicted octanol–water partition coefficient (Wildman–Crippen LogP) is 2.48. The summed E-state index contributed by atoms with van der Waals surface area (Å²) in [6.07, 6.45) is 0. The lowest BCUT2D eigenvalue weighted by atomic mass is 10.0. The highest BCUT2D eigenvalue weighted by molar-refractivity contribution is 5.82. The number of fused-ring (bicyclic) bond motifs is 1. The smallest absolute Gasteiger partial charge is 0.329 e. The number of benzene rings is 1. The van der Waals surface area contributed by atoms with Gasteiger partial charge in [0, 0.05) is 0 Å². The maximum absolute atomic E-state index is 11.6. The maximum atomic E-state index is 11.6.